The van der Waals surface area contributed by atoms with Crippen LogP contribution in [0.15, 0.2) is 61.1 Å². The molecule has 0 atom stereocenters. The third kappa shape index (κ3) is 6.02. The molecule has 6 rings (SSSR count). The number of aromatic nitrogens is 6. The molecular weight excluding hydrogens is 590 g/mol. The molecule has 44 heavy (non-hydrogen) atoms. The average molecular weight is 617 g/mol. The van der Waals surface area contributed by atoms with Gasteiger partial charge in [0.15, 0.2) is 5.82 Å². The minimum Gasteiger partial charge on any atom is -0.336 e. The lowest BCUT2D eigenvalue weighted by Crippen LogP contribution is -2.21. The second kappa shape index (κ2) is 11.5. The summed E-state index contributed by atoms with van der Waals surface area (Å²) in [6.07, 6.45) is 6.75. The molecule has 11 nitrogen and oxygen atoms in total. The number of nitrogens with one attached hydrogen (secondary N) is 4. The van der Waals surface area contributed by atoms with Gasteiger partial charge in [0, 0.05) is 41.9 Å². The van der Waals surface area contributed by atoms with Crippen LogP contribution in [0.1, 0.15) is 25.3 Å². The van der Waals surface area contributed by atoms with E-state index in [4.69, 9.17) is 4.98 Å². The standard InChI is InChI=1S/C30H26F2N8O3S/c1-3-4-25(41)36-21-10-19(14-33-15-21)17-11-22-27(23(32)12-17)39-40-28(22)30-37-24-5-6-34-26(29(24)38-30)18-7-16(8-20(31)9-18)13-35-44(2,42)43/h5-12,14-15,35H,3-4,13H2,1-2H3,(H,36,41)(H,37,38)(H,39,40). The summed E-state index contributed by atoms with van der Waals surface area (Å²) < 4.78 is 55.3. The van der Waals surface area contributed by atoms with Crippen LogP contribution in [0.25, 0.3) is 55.8 Å². The number of amides is 1. The maximum atomic E-state index is 15.3. The number of anilines is 1. The molecule has 2 aromatic carbocycles. The normalized spacial score (nSPS) is 11.8. The number of halogens is 2. The van der Waals surface area contributed by atoms with Gasteiger partial charge in [-0.25, -0.2) is 26.9 Å². The molecule has 224 valence electrons. The van der Waals surface area contributed by atoms with Crippen LogP contribution in [0.3, 0.4) is 0 Å². The van der Waals surface area contributed by atoms with Crippen LogP contribution >= 0.6 is 0 Å². The van der Waals surface area contributed by atoms with E-state index in [1.54, 1.807) is 36.7 Å². The summed E-state index contributed by atoms with van der Waals surface area (Å²) in [5, 5.41) is 10.3. The fourth-order valence-electron chi connectivity index (χ4n) is 4.91. The summed E-state index contributed by atoms with van der Waals surface area (Å²) in [4.78, 5) is 28.6. The number of carbonyl (C=O) groups excluding carboxylic acids is 1. The number of nitrogens with zero attached hydrogens (tertiary/aromatic N) is 4. The average Bonchev–Trinajstić information content (AvgIpc) is 3.60. The summed E-state index contributed by atoms with van der Waals surface area (Å²) in [5.41, 5.74) is 4.31. The highest BCUT2D eigenvalue weighted by atomic mass is 32.2. The molecule has 0 fully saturated rings. The molecule has 0 saturated carbocycles. The van der Waals surface area contributed by atoms with Gasteiger partial charge < -0.3 is 10.3 Å². The number of aromatic amines is 2. The number of H-pyrrole nitrogens is 2. The van der Waals surface area contributed by atoms with Crippen molar-refractivity contribution in [1.82, 2.24) is 34.9 Å². The van der Waals surface area contributed by atoms with E-state index in [0.29, 0.717) is 74.4 Å². The van der Waals surface area contributed by atoms with Gasteiger partial charge in [-0.05, 0) is 60.0 Å². The Bertz CT molecular complexity index is 2160. The van der Waals surface area contributed by atoms with Crippen molar-refractivity contribution in [2.24, 2.45) is 0 Å². The molecule has 0 radical (unpaired) electrons. The van der Waals surface area contributed by atoms with E-state index in [-0.39, 0.29) is 18.0 Å². The first-order chi connectivity index (χ1) is 21.1. The Morgan fingerprint density at radius 1 is 1.00 bits per heavy atom. The molecule has 0 saturated heterocycles. The molecule has 0 aliphatic heterocycles. The fourth-order valence-corrected chi connectivity index (χ4v) is 5.33. The Morgan fingerprint density at radius 3 is 2.64 bits per heavy atom. The second-order valence-electron chi connectivity index (χ2n) is 10.3. The summed E-state index contributed by atoms with van der Waals surface area (Å²) in [6, 6.07) is 10.7. The third-order valence-corrected chi connectivity index (χ3v) is 7.52. The van der Waals surface area contributed by atoms with Crippen molar-refractivity contribution >= 4 is 43.6 Å². The number of rotatable bonds is 9. The fraction of sp³-hybridized carbons (Fsp3) is 0.167. The lowest BCUT2D eigenvalue weighted by molar-refractivity contribution is -0.116. The third-order valence-electron chi connectivity index (χ3n) is 6.85. The predicted octanol–water partition coefficient (Wildman–Crippen LogP) is 5.30. The molecule has 1 amide bonds. The molecule has 4 heterocycles. The van der Waals surface area contributed by atoms with Crippen molar-refractivity contribution in [3.8, 4) is 33.9 Å². The highest BCUT2D eigenvalue weighted by molar-refractivity contribution is 7.88. The summed E-state index contributed by atoms with van der Waals surface area (Å²) in [5.74, 6) is -0.910. The first kappa shape index (κ1) is 29.0. The van der Waals surface area contributed by atoms with Crippen LogP contribution in [0, 0.1) is 11.6 Å². The van der Waals surface area contributed by atoms with E-state index < -0.39 is 21.7 Å². The zero-order chi connectivity index (χ0) is 31.0. The number of hydrogen-bond donors (Lipinski definition) is 4. The molecule has 0 bridgehead atoms. The van der Waals surface area contributed by atoms with E-state index in [9.17, 15) is 17.6 Å². The van der Waals surface area contributed by atoms with Gasteiger partial charge in [0.1, 0.15) is 28.4 Å². The topological polar surface area (TPSA) is 158 Å². The van der Waals surface area contributed by atoms with Crippen molar-refractivity contribution in [1.29, 1.82) is 0 Å². The monoisotopic (exact) mass is 616 g/mol. The molecule has 6 aromatic rings. The Hall–Kier alpha value is -5.08. The first-order valence-corrected chi connectivity index (χ1v) is 15.5. The summed E-state index contributed by atoms with van der Waals surface area (Å²) >= 11 is 0. The molecule has 0 spiro atoms. The molecule has 4 N–H and O–H groups in total. The van der Waals surface area contributed by atoms with Crippen LogP contribution in [0.2, 0.25) is 0 Å². The van der Waals surface area contributed by atoms with Gasteiger partial charge in [-0.1, -0.05) is 6.92 Å². The lowest BCUT2D eigenvalue weighted by atomic mass is 10.0. The van der Waals surface area contributed by atoms with Crippen molar-refractivity contribution < 1.29 is 22.0 Å². The molecule has 0 unspecified atom stereocenters. The van der Waals surface area contributed by atoms with Crippen molar-refractivity contribution in [3.05, 3.63) is 78.3 Å². The van der Waals surface area contributed by atoms with Gasteiger partial charge in [0.25, 0.3) is 0 Å². The molecule has 14 heteroatoms. The molecule has 0 aliphatic rings. The van der Waals surface area contributed by atoms with Gasteiger partial charge in [0.05, 0.1) is 29.4 Å². The Labute approximate surface area is 250 Å². The van der Waals surface area contributed by atoms with E-state index in [1.165, 1.54) is 24.4 Å². The van der Waals surface area contributed by atoms with Crippen LogP contribution in [-0.2, 0) is 21.4 Å². The minimum atomic E-state index is -3.48. The maximum absolute atomic E-state index is 15.3. The quantitative estimate of drug-likeness (QED) is 0.172. The van der Waals surface area contributed by atoms with E-state index in [2.05, 4.69) is 35.2 Å². The number of fused-ring (bicyclic) bond motifs is 2. The van der Waals surface area contributed by atoms with E-state index >= 15 is 4.39 Å². The number of pyridine rings is 2. The Balaban J connectivity index is 1.40. The number of benzene rings is 2. The van der Waals surface area contributed by atoms with Crippen molar-refractivity contribution in [3.63, 3.8) is 0 Å². The summed E-state index contributed by atoms with van der Waals surface area (Å²) in [6.45, 7) is 1.82. The smallest absolute Gasteiger partial charge is 0.224 e. The zero-order valence-electron chi connectivity index (χ0n) is 23.6. The van der Waals surface area contributed by atoms with Gasteiger partial charge in [-0.15, -0.1) is 0 Å². The minimum absolute atomic E-state index is 0.0952. The van der Waals surface area contributed by atoms with Gasteiger partial charge in [-0.2, -0.15) is 5.10 Å². The van der Waals surface area contributed by atoms with Gasteiger partial charge in [0.2, 0.25) is 15.9 Å². The second-order valence-corrected chi connectivity index (χ2v) is 12.1. The SMILES string of the molecule is CCCC(=O)Nc1cncc(-c2cc(F)c3[nH]nc(-c4nc5c(-c6cc(F)cc(CNS(C)(=O)=O)c6)nccc5[nH]4)c3c2)c1. The molecule has 0 aliphatic carbocycles. The lowest BCUT2D eigenvalue weighted by Gasteiger charge is -2.07. The zero-order valence-corrected chi connectivity index (χ0v) is 24.4. The van der Waals surface area contributed by atoms with E-state index in [1.807, 2.05) is 6.92 Å². The van der Waals surface area contributed by atoms with Crippen molar-refractivity contribution in [2.75, 3.05) is 11.6 Å². The largest absolute Gasteiger partial charge is 0.336 e. The van der Waals surface area contributed by atoms with Crippen molar-refractivity contribution in [2.45, 2.75) is 26.3 Å². The maximum Gasteiger partial charge on any atom is 0.224 e. The van der Waals surface area contributed by atoms with Crippen LogP contribution in [-0.4, -0.2) is 50.7 Å². The van der Waals surface area contributed by atoms with Gasteiger partial charge in [-0.3, -0.25) is 19.9 Å². The molecule has 4 aromatic heterocycles. The number of hydrogen-bond acceptors (Lipinski definition) is 7. The molecular formula is C30H26F2N8O3S. The first-order valence-electron chi connectivity index (χ1n) is 13.6. The van der Waals surface area contributed by atoms with Gasteiger partial charge >= 0.3 is 0 Å². The Kier molecular flexibility index (Phi) is 7.61. The van der Waals surface area contributed by atoms with Crippen LogP contribution in [0.4, 0.5) is 14.5 Å². The Morgan fingerprint density at radius 2 is 1.84 bits per heavy atom. The number of imidazole rings is 1. The number of carbonyl (C=O) groups is 1. The predicted molar refractivity (Wildman–Crippen MR) is 163 cm³/mol. The number of sulfonamides is 1. The van der Waals surface area contributed by atoms with Crippen LogP contribution < -0.4 is 10.0 Å². The highest BCUT2D eigenvalue weighted by Crippen LogP contribution is 2.34. The van der Waals surface area contributed by atoms with Crippen LogP contribution in [0.5, 0.6) is 0 Å². The van der Waals surface area contributed by atoms with E-state index in [0.717, 1.165) is 6.26 Å². The summed E-state index contributed by atoms with van der Waals surface area (Å²) in [7, 11) is -3.48. The highest BCUT2D eigenvalue weighted by Gasteiger charge is 2.19.